The topological polar surface area (TPSA) is 116 Å². The second kappa shape index (κ2) is 7.82. The van der Waals surface area contributed by atoms with Crippen LogP contribution in [0.5, 0.6) is 0 Å². The third-order valence-corrected chi connectivity index (χ3v) is 3.36. The molecule has 0 aliphatic carbocycles. The molecule has 0 aromatic heterocycles. The van der Waals surface area contributed by atoms with E-state index >= 15 is 0 Å². The third-order valence-electron chi connectivity index (χ3n) is 3.36. The molecular formula is C13H22N2O6. The number of hydrogen-bond donors (Lipinski definition) is 3. The quantitative estimate of drug-likeness (QED) is 0.606. The summed E-state index contributed by atoms with van der Waals surface area (Å²) in [7, 11) is 0. The van der Waals surface area contributed by atoms with Gasteiger partial charge in [-0.25, -0.2) is 9.59 Å². The minimum absolute atomic E-state index is 0.191. The fourth-order valence-corrected chi connectivity index (χ4v) is 2.23. The van der Waals surface area contributed by atoms with Crippen LogP contribution in [0.1, 0.15) is 26.7 Å². The number of carbonyl (C=O) groups is 3. The van der Waals surface area contributed by atoms with Crippen LogP contribution in [0.25, 0.3) is 0 Å². The van der Waals surface area contributed by atoms with Gasteiger partial charge in [0.2, 0.25) is 0 Å². The Hall–Kier alpha value is -1.83. The van der Waals surface area contributed by atoms with Gasteiger partial charge in [0.05, 0.1) is 18.6 Å². The monoisotopic (exact) mass is 302 g/mol. The van der Waals surface area contributed by atoms with Gasteiger partial charge in [0.1, 0.15) is 0 Å². The Morgan fingerprint density at radius 2 is 2.10 bits per heavy atom. The first-order valence-corrected chi connectivity index (χ1v) is 6.99. The number of aliphatic carboxylic acids is 1. The first-order chi connectivity index (χ1) is 9.86. The van der Waals surface area contributed by atoms with Crippen molar-refractivity contribution in [1.82, 2.24) is 10.2 Å². The van der Waals surface area contributed by atoms with Crippen LogP contribution in [0.15, 0.2) is 0 Å². The number of nitrogens with zero attached hydrogens (tertiary/aromatic N) is 1. The van der Waals surface area contributed by atoms with E-state index in [1.807, 2.05) is 0 Å². The number of carboxylic acids is 1. The number of piperidine rings is 1. The molecule has 3 N–H and O–H groups in total. The zero-order chi connectivity index (χ0) is 16.0. The van der Waals surface area contributed by atoms with Crippen molar-refractivity contribution in [3.63, 3.8) is 0 Å². The largest absolute Gasteiger partial charge is 0.480 e. The van der Waals surface area contributed by atoms with Crippen molar-refractivity contribution in [2.75, 3.05) is 19.7 Å². The van der Waals surface area contributed by atoms with E-state index in [2.05, 4.69) is 5.32 Å². The van der Waals surface area contributed by atoms with E-state index in [0.717, 1.165) is 0 Å². The van der Waals surface area contributed by atoms with Crippen molar-refractivity contribution in [2.24, 2.45) is 5.92 Å². The molecule has 8 heteroatoms. The van der Waals surface area contributed by atoms with Gasteiger partial charge in [-0.3, -0.25) is 4.79 Å². The van der Waals surface area contributed by atoms with Crippen LogP contribution in [-0.4, -0.2) is 64.9 Å². The first-order valence-electron chi connectivity index (χ1n) is 6.99. The molecule has 1 heterocycles. The number of urea groups is 1. The lowest BCUT2D eigenvalue weighted by atomic mass is 9.98. The Balaban J connectivity index is 2.61. The fourth-order valence-electron chi connectivity index (χ4n) is 2.23. The van der Waals surface area contributed by atoms with Gasteiger partial charge in [0.15, 0.2) is 6.04 Å². The number of carboxylic acid groups (broad SMARTS) is 1. The van der Waals surface area contributed by atoms with E-state index in [4.69, 9.17) is 9.84 Å². The second-order valence-electron chi connectivity index (χ2n) is 5.04. The molecule has 1 saturated heterocycles. The molecule has 1 unspecified atom stereocenters. The summed E-state index contributed by atoms with van der Waals surface area (Å²) in [6, 6.07) is -1.97. The van der Waals surface area contributed by atoms with Gasteiger partial charge in [0.25, 0.3) is 0 Å². The smallest absolute Gasteiger partial charge is 0.328 e. The van der Waals surface area contributed by atoms with E-state index < -0.39 is 24.1 Å². The van der Waals surface area contributed by atoms with E-state index in [1.165, 1.54) is 11.8 Å². The number of aliphatic hydroxyl groups excluding tert-OH is 1. The van der Waals surface area contributed by atoms with E-state index in [1.54, 1.807) is 6.92 Å². The predicted molar refractivity (Wildman–Crippen MR) is 72.6 cm³/mol. The predicted octanol–water partition coefficient (Wildman–Crippen LogP) is -0.195. The SMILES string of the molecule is CCOC(=O)C1CCCN(C(=O)N[C@H](C(=O)O)[C@@H](C)O)C1. The van der Waals surface area contributed by atoms with Crippen molar-refractivity contribution < 1.29 is 29.3 Å². The van der Waals surface area contributed by atoms with E-state index in [0.29, 0.717) is 19.4 Å². The molecule has 0 spiro atoms. The minimum Gasteiger partial charge on any atom is -0.480 e. The Labute approximate surface area is 123 Å². The molecular weight excluding hydrogens is 280 g/mol. The highest BCUT2D eigenvalue weighted by atomic mass is 16.5. The van der Waals surface area contributed by atoms with E-state index in [-0.39, 0.29) is 25.0 Å². The minimum atomic E-state index is -1.37. The molecule has 0 aromatic carbocycles. The molecule has 0 radical (unpaired) electrons. The summed E-state index contributed by atoms with van der Waals surface area (Å²) in [4.78, 5) is 36.0. The Morgan fingerprint density at radius 3 is 2.62 bits per heavy atom. The standard InChI is InChI=1S/C13H22N2O6/c1-3-21-12(19)9-5-4-6-15(7-9)13(20)14-10(8(2)16)11(17)18/h8-10,16H,3-7H2,1-2H3,(H,14,20)(H,17,18)/t8-,9?,10+/m1/s1. The van der Waals surface area contributed by atoms with Crippen LogP contribution in [0.2, 0.25) is 0 Å². The Morgan fingerprint density at radius 1 is 1.43 bits per heavy atom. The molecule has 1 aliphatic heterocycles. The summed E-state index contributed by atoms with van der Waals surface area (Å²) in [5, 5.41) is 20.5. The maximum atomic E-state index is 12.0. The summed E-state index contributed by atoms with van der Waals surface area (Å²) >= 11 is 0. The number of rotatable bonds is 5. The molecule has 0 aromatic rings. The normalized spacial score (nSPS) is 21.3. The lowest BCUT2D eigenvalue weighted by Gasteiger charge is -2.32. The van der Waals surface area contributed by atoms with Crippen molar-refractivity contribution in [3.05, 3.63) is 0 Å². The van der Waals surface area contributed by atoms with Crippen LogP contribution < -0.4 is 5.32 Å². The molecule has 21 heavy (non-hydrogen) atoms. The number of nitrogens with one attached hydrogen (secondary N) is 1. The third kappa shape index (κ3) is 4.89. The molecule has 3 atom stereocenters. The average Bonchev–Trinajstić information content (AvgIpc) is 2.44. The highest BCUT2D eigenvalue weighted by Gasteiger charge is 2.32. The van der Waals surface area contributed by atoms with Gasteiger partial charge in [0, 0.05) is 13.1 Å². The zero-order valence-corrected chi connectivity index (χ0v) is 12.2. The molecule has 1 fully saturated rings. The van der Waals surface area contributed by atoms with Crippen LogP contribution >= 0.6 is 0 Å². The van der Waals surface area contributed by atoms with Crippen molar-refractivity contribution in [3.8, 4) is 0 Å². The van der Waals surface area contributed by atoms with Crippen LogP contribution in [0, 0.1) is 5.92 Å². The average molecular weight is 302 g/mol. The molecule has 1 aliphatic rings. The van der Waals surface area contributed by atoms with Crippen molar-refractivity contribution in [1.29, 1.82) is 0 Å². The van der Waals surface area contributed by atoms with Gasteiger partial charge in [-0.1, -0.05) is 0 Å². The number of likely N-dealkylation sites (tertiary alicyclic amines) is 1. The Kier molecular flexibility index (Phi) is 6.41. The van der Waals surface area contributed by atoms with Crippen molar-refractivity contribution >= 4 is 18.0 Å². The molecule has 2 amide bonds. The van der Waals surface area contributed by atoms with Crippen LogP contribution in [-0.2, 0) is 14.3 Å². The van der Waals surface area contributed by atoms with Crippen LogP contribution in [0.4, 0.5) is 4.79 Å². The maximum Gasteiger partial charge on any atom is 0.328 e. The maximum absolute atomic E-state index is 12.0. The fraction of sp³-hybridized carbons (Fsp3) is 0.769. The van der Waals surface area contributed by atoms with Gasteiger partial charge in [-0.2, -0.15) is 0 Å². The number of esters is 1. The number of aliphatic hydroxyl groups is 1. The molecule has 120 valence electrons. The number of amides is 2. The first kappa shape index (κ1) is 17.2. The summed E-state index contributed by atoms with van der Waals surface area (Å²) in [6.07, 6.45) is 0.0714. The zero-order valence-electron chi connectivity index (χ0n) is 12.2. The van der Waals surface area contributed by atoms with E-state index in [9.17, 15) is 19.5 Å². The molecule has 0 bridgehead atoms. The summed E-state index contributed by atoms with van der Waals surface area (Å²) in [5.41, 5.74) is 0. The van der Waals surface area contributed by atoms with Gasteiger partial charge >= 0.3 is 18.0 Å². The van der Waals surface area contributed by atoms with Gasteiger partial charge in [-0.15, -0.1) is 0 Å². The summed E-state index contributed by atoms with van der Waals surface area (Å²) < 4.78 is 4.94. The molecule has 8 nitrogen and oxygen atoms in total. The van der Waals surface area contributed by atoms with Crippen molar-refractivity contribution in [2.45, 2.75) is 38.8 Å². The van der Waals surface area contributed by atoms with Gasteiger partial charge in [-0.05, 0) is 26.7 Å². The van der Waals surface area contributed by atoms with Gasteiger partial charge < -0.3 is 25.2 Å². The number of ether oxygens (including phenoxy) is 1. The molecule has 0 saturated carbocycles. The molecule has 1 rings (SSSR count). The number of carbonyl (C=O) groups excluding carboxylic acids is 2. The number of hydrogen-bond acceptors (Lipinski definition) is 5. The summed E-state index contributed by atoms with van der Waals surface area (Å²) in [6.45, 7) is 3.91. The second-order valence-corrected chi connectivity index (χ2v) is 5.04. The highest BCUT2D eigenvalue weighted by Crippen LogP contribution is 2.18. The lowest BCUT2D eigenvalue weighted by Crippen LogP contribution is -2.54. The summed E-state index contributed by atoms with van der Waals surface area (Å²) in [5.74, 6) is -2.04. The van der Waals surface area contributed by atoms with Crippen LogP contribution in [0.3, 0.4) is 0 Å². The Bertz CT molecular complexity index is 398. The lowest BCUT2D eigenvalue weighted by molar-refractivity contribution is -0.149. The highest BCUT2D eigenvalue weighted by molar-refractivity contribution is 5.83.